The van der Waals surface area contributed by atoms with E-state index in [9.17, 15) is 0 Å². The number of aromatic nitrogens is 2. The third kappa shape index (κ3) is 5.87. The van der Waals surface area contributed by atoms with Crippen LogP contribution in [0, 0.1) is 12.1 Å². The molecule has 51 heavy (non-hydrogen) atoms. The molecule has 3 heteroatoms. The van der Waals surface area contributed by atoms with Crippen molar-refractivity contribution in [3.8, 4) is 77.0 Å². The minimum Gasteiger partial charge on any atom is -0.228 e. The Labute approximate surface area is 303 Å². The van der Waals surface area contributed by atoms with Crippen LogP contribution in [0.2, 0.25) is 0 Å². The molecule has 1 aliphatic carbocycles. The van der Waals surface area contributed by atoms with E-state index in [-0.39, 0.29) is 0 Å². The van der Waals surface area contributed by atoms with Gasteiger partial charge in [0, 0.05) is 43.1 Å². The molecule has 0 saturated heterocycles. The summed E-state index contributed by atoms with van der Waals surface area (Å²) in [6.45, 7) is 0. The summed E-state index contributed by atoms with van der Waals surface area (Å²) >= 11 is 1.88. The van der Waals surface area contributed by atoms with E-state index in [2.05, 4.69) is 158 Å². The Bertz CT molecular complexity index is 2440. The molecule has 9 rings (SSSR count). The third-order valence-corrected chi connectivity index (χ3v) is 10.8. The van der Waals surface area contributed by atoms with Gasteiger partial charge in [0.25, 0.3) is 0 Å². The summed E-state index contributed by atoms with van der Waals surface area (Å²) in [5.74, 6) is 0.701. The van der Waals surface area contributed by atoms with E-state index in [4.69, 9.17) is 9.97 Å². The Morgan fingerprint density at radius 1 is 0.529 bits per heavy atom. The minimum atomic E-state index is 0.701. The molecule has 6 aromatic carbocycles. The van der Waals surface area contributed by atoms with Crippen molar-refractivity contribution >= 4 is 17.4 Å². The molecular formula is C48H32N2S. The lowest BCUT2D eigenvalue weighted by Crippen LogP contribution is -1.99. The molecule has 0 aliphatic heterocycles. The first kappa shape index (κ1) is 30.7. The van der Waals surface area contributed by atoms with E-state index < -0.39 is 0 Å². The van der Waals surface area contributed by atoms with Crippen molar-refractivity contribution in [1.29, 1.82) is 0 Å². The number of fused-ring (bicyclic) bond motifs is 1. The number of thiophene rings is 1. The molecule has 8 aromatic rings. The second-order valence-corrected chi connectivity index (χ2v) is 13.7. The van der Waals surface area contributed by atoms with Gasteiger partial charge in [0.1, 0.15) is 0 Å². The highest BCUT2D eigenvalue weighted by atomic mass is 32.1. The second-order valence-electron chi connectivity index (χ2n) is 12.6. The molecule has 2 nitrogen and oxygen atoms in total. The van der Waals surface area contributed by atoms with Crippen LogP contribution in [-0.4, -0.2) is 9.97 Å². The largest absolute Gasteiger partial charge is 0.228 e. The average molecular weight is 669 g/mol. The van der Waals surface area contributed by atoms with Crippen molar-refractivity contribution in [1.82, 2.24) is 9.97 Å². The normalized spacial score (nSPS) is 11.9. The third-order valence-electron chi connectivity index (χ3n) is 9.49. The van der Waals surface area contributed by atoms with Crippen molar-refractivity contribution in [2.45, 2.75) is 12.8 Å². The van der Waals surface area contributed by atoms with Crippen molar-refractivity contribution in [2.75, 3.05) is 0 Å². The molecule has 0 spiro atoms. The molecule has 0 saturated carbocycles. The van der Waals surface area contributed by atoms with Crippen LogP contribution < -0.4 is 0 Å². The van der Waals surface area contributed by atoms with Crippen LogP contribution in [0.1, 0.15) is 17.5 Å². The summed E-state index contributed by atoms with van der Waals surface area (Å²) in [6.07, 6.45) is 6.61. The van der Waals surface area contributed by atoms with E-state index >= 15 is 0 Å². The van der Waals surface area contributed by atoms with Crippen LogP contribution in [0.3, 0.4) is 0 Å². The molecule has 1 aliphatic rings. The zero-order valence-electron chi connectivity index (χ0n) is 27.9. The van der Waals surface area contributed by atoms with Crippen molar-refractivity contribution < 1.29 is 0 Å². The number of nitrogens with zero attached hydrogens (tertiary/aromatic N) is 2. The summed E-state index contributed by atoms with van der Waals surface area (Å²) in [6, 6.07) is 61.6. The van der Waals surface area contributed by atoms with E-state index in [1.54, 1.807) is 0 Å². The molecule has 0 bridgehead atoms. The SMILES string of the molecule is c1cccc(-c2cccc(-c3nc(-c4ccccc4)cc(-c4ccccc4)n3)c2-c2sc(-c3ccccc3-c3ccccc3)c3c2CCC=C3)c#1. The number of benzene rings is 5. The van der Waals surface area contributed by atoms with Crippen LogP contribution in [-0.2, 0) is 6.42 Å². The smallest absolute Gasteiger partial charge is 0.161 e. The fourth-order valence-electron chi connectivity index (χ4n) is 7.08. The number of hydrogen-bond acceptors (Lipinski definition) is 3. The molecule has 0 radical (unpaired) electrons. The quantitative estimate of drug-likeness (QED) is 0.169. The summed E-state index contributed by atoms with van der Waals surface area (Å²) in [5, 5.41) is 0. The average Bonchev–Trinajstić information content (AvgIpc) is 3.61. The lowest BCUT2D eigenvalue weighted by molar-refractivity contribution is 0.996. The van der Waals surface area contributed by atoms with Gasteiger partial charge in [0.05, 0.1) is 11.4 Å². The van der Waals surface area contributed by atoms with E-state index in [1.165, 1.54) is 37.6 Å². The summed E-state index contributed by atoms with van der Waals surface area (Å²) in [7, 11) is 0. The molecule has 0 amide bonds. The van der Waals surface area contributed by atoms with Crippen molar-refractivity contribution in [3.05, 3.63) is 187 Å². The van der Waals surface area contributed by atoms with Crippen LogP contribution >= 0.6 is 11.3 Å². The summed E-state index contributed by atoms with van der Waals surface area (Å²) in [5.41, 5.74) is 14.5. The summed E-state index contributed by atoms with van der Waals surface area (Å²) in [4.78, 5) is 13.2. The standard InChI is InChI=1S/C48H32N2S/c1-5-18-33(19-6-1)37-26-13-14-27-39(37)46-40-28-15-16-29-41(40)47(51-46)45-38(34-20-7-2-8-21-34)30-17-31-42(45)48-49-43(35-22-9-3-10-23-35)32-44(50-48)36-24-11-4-12-25-36/h1-7,9-15,17-20,22-28,30-32H,16,29H2. The van der Waals surface area contributed by atoms with Gasteiger partial charge in [-0.2, -0.15) is 0 Å². The monoisotopic (exact) mass is 668 g/mol. The van der Waals surface area contributed by atoms with Crippen molar-refractivity contribution in [3.63, 3.8) is 0 Å². The molecule has 2 heterocycles. The van der Waals surface area contributed by atoms with Gasteiger partial charge < -0.3 is 0 Å². The lowest BCUT2D eigenvalue weighted by atomic mass is 9.88. The lowest BCUT2D eigenvalue weighted by Gasteiger charge is -2.17. The van der Waals surface area contributed by atoms with Crippen LogP contribution in [0.25, 0.3) is 83.1 Å². The Kier molecular flexibility index (Phi) is 8.14. The Morgan fingerprint density at radius 2 is 1.14 bits per heavy atom. The van der Waals surface area contributed by atoms with Gasteiger partial charge in [-0.05, 0) is 58.9 Å². The molecule has 0 unspecified atom stereocenters. The molecule has 0 atom stereocenters. The van der Waals surface area contributed by atoms with E-state index in [0.717, 1.165) is 57.6 Å². The first-order chi connectivity index (χ1) is 25.3. The topological polar surface area (TPSA) is 25.8 Å². The summed E-state index contributed by atoms with van der Waals surface area (Å²) < 4.78 is 0. The van der Waals surface area contributed by atoms with Gasteiger partial charge in [0.15, 0.2) is 5.82 Å². The van der Waals surface area contributed by atoms with Gasteiger partial charge in [0.2, 0.25) is 0 Å². The Morgan fingerprint density at radius 3 is 1.80 bits per heavy atom. The van der Waals surface area contributed by atoms with Crippen LogP contribution in [0.5, 0.6) is 0 Å². The zero-order valence-corrected chi connectivity index (χ0v) is 28.7. The molecule has 2 aromatic heterocycles. The molecule has 0 fully saturated rings. The first-order valence-corrected chi connectivity index (χ1v) is 18.1. The van der Waals surface area contributed by atoms with Crippen molar-refractivity contribution in [2.24, 2.45) is 0 Å². The Hall–Kier alpha value is -6.34. The number of hydrogen-bond donors (Lipinski definition) is 0. The van der Waals surface area contributed by atoms with Gasteiger partial charge in [-0.1, -0.05) is 164 Å². The highest BCUT2D eigenvalue weighted by molar-refractivity contribution is 7.19. The van der Waals surface area contributed by atoms with Gasteiger partial charge >= 0.3 is 0 Å². The molecule has 0 N–H and O–H groups in total. The maximum atomic E-state index is 5.31. The van der Waals surface area contributed by atoms with Gasteiger partial charge in [-0.15, -0.1) is 11.3 Å². The zero-order chi connectivity index (χ0) is 34.0. The fourth-order valence-corrected chi connectivity index (χ4v) is 8.53. The van der Waals surface area contributed by atoms with Crippen LogP contribution in [0.15, 0.2) is 164 Å². The van der Waals surface area contributed by atoms with Crippen LogP contribution in [0.4, 0.5) is 0 Å². The van der Waals surface area contributed by atoms with Gasteiger partial charge in [-0.3, -0.25) is 0 Å². The maximum absolute atomic E-state index is 5.31. The minimum absolute atomic E-state index is 0.701. The van der Waals surface area contributed by atoms with E-state index in [1.807, 2.05) is 35.6 Å². The van der Waals surface area contributed by atoms with Gasteiger partial charge in [-0.25, -0.2) is 9.97 Å². The fraction of sp³-hybridized carbons (Fsp3) is 0.0417. The van der Waals surface area contributed by atoms with E-state index in [0.29, 0.717) is 5.82 Å². The predicted molar refractivity (Wildman–Crippen MR) is 213 cm³/mol. The highest BCUT2D eigenvalue weighted by Gasteiger charge is 2.27. The predicted octanol–water partition coefficient (Wildman–Crippen LogP) is 12.8. The Balaban J connectivity index is 1.33. The maximum Gasteiger partial charge on any atom is 0.161 e. The highest BCUT2D eigenvalue weighted by Crippen LogP contribution is 2.51. The number of allylic oxidation sites excluding steroid dienone is 1. The molecule has 240 valence electrons. The second kappa shape index (κ2) is 13.5. The molecular weight excluding hydrogens is 637 g/mol. The number of rotatable bonds is 7. The first-order valence-electron chi connectivity index (χ1n) is 17.3.